The number of aliphatic carboxylic acids is 1. The Balaban J connectivity index is 3.11. The molecule has 0 aliphatic carbocycles. The number of nitrogens with one attached hydrogen (secondary N) is 3. The highest BCUT2D eigenvalue weighted by Gasteiger charge is 2.31. The molecule has 4 amide bonds. The molecule has 0 aliphatic heterocycles. The molecule has 0 bridgehead atoms. The Bertz CT molecular complexity index is 894. The van der Waals surface area contributed by atoms with Crippen LogP contribution in [0, 0.1) is 5.92 Å². The second-order valence-electron chi connectivity index (χ2n) is 8.94. The van der Waals surface area contributed by atoms with Gasteiger partial charge in [-0.25, -0.2) is 4.79 Å². The Morgan fingerprint density at radius 2 is 1.42 bits per heavy atom. The molecule has 12 heteroatoms. The minimum absolute atomic E-state index is 0.0380. The molecule has 0 fully saturated rings. The summed E-state index contributed by atoms with van der Waals surface area (Å²) in [5.41, 5.74) is 17.3. The third kappa shape index (κ3) is 10.8. The monoisotopic (exact) mass is 506 g/mol. The van der Waals surface area contributed by atoms with Crippen molar-refractivity contribution in [1.29, 1.82) is 0 Å². The number of unbranched alkanes of at least 4 members (excludes halogenated alkanes) is 1. The van der Waals surface area contributed by atoms with E-state index in [-0.39, 0.29) is 18.8 Å². The fourth-order valence-corrected chi connectivity index (χ4v) is 3.34. The molecule has 0 aliphatic rings. The Hall–Kier alpha value is -3.51. The molecule has 10 N–H and O–H groups in total. The van der Waals surface area contributed by atoms with E-state index in [0.717, 1.165) is 0 Å². The van der Waals surface area contributed by atoms with E-state index in [0.29, 0.717) is 24.9 Å². The highest BCUT2D eigenvalue weighted by molar-refractivity contribution is 5.96. The number of nitrogens with two attached hydrogens (primary N) is 3. The minimum atomic E-state index is -1.37. The number of hydrogen-bond donors (Lipinski definition) is 7. The molecule has 0 saturated heterocycles. The fraction of sp³-hybridized carbons (Fsp3) is 0.542. The zero-order valence-corrected chi connectivity index (χ0v) is 20.7. The molecular weight excluding hydrogens is 468 g/mol. The first-order valence-electron chi connectivity index (χ1n) is 11.9. The van der Waals surface area contributed by atoms with Crippen LogP contribution in [0.5, 0.6) is 0 Å². The van der Waals surface area contributed by atoms with E-state index < -0.39 is 60.2 Å². The van der Waals surface area contributed by atoms with Gasteiger partial charge in [0.05, 0.1) is 12.5 Å². The normalized spacial score (nSPS) is 14.2. The molecule has 12 nitrogen and oxygen atoms in total. The van der Waals surface area contributed by atoms with Crippen LogP contribution < -0.4 is 33.2 Å². The molecule has 0 unspecified atom stereocenters. The van der Waals surface area contributed by atoms with Gasteiger partial charge in [-0.3, -0.25) is 19.2 Å². The summed E-state index contributed by atoms with van der Waals surface area (Å²) in [6, 6.07) is 4.11. The highest BCUT2D eigenvalue weighted by atomic mass is 16.4. The van der Waals surface area contributed by atoms with Crippen LogP contribution in [0.25, 0.3) is 0 Å². The van der Waals surface area contributed by atoms with E-state index in [2.05, 4.69) is 16.0 Å². The first-order chi connectivity index (χ1) is 17.0. The smallest absolute Gasteiger partial charge is 0.326 e. The largest absolute Gasteiger partial charge is 0.480 e. The fourth-order valence-electron chi connectivity index (χ4n) is 3.34. The van der Waals surface area contributed by atoms with Crippen LogP contribution in [0.15, 0.2) is 30.3 Å². The molecular formula is C24H38N6O6. The number of primary amides is 1. The number of rotatable bonds is 16. The topological polar surface area (TPSA) is 220 Å². The van der Waals surface area contributed by atoms with Crippen molar-refractivity contribution >= 4 is 29.6 Å². The number of hydrogen-bond acceptors (Lipinski definition) is 7. The Morgan fingerprint density at radius 1 is 0.861 bits per heavy atom. The summed E-state index contributed by atoms with van der Waals surface area (Å²) < 4.78 is 0. The summed E-state index contributed by atoms with van der Waals surface area (Å²) in [4.78, 5) is 61.8. The lowest BCUT2D eigenvalue weighted by atomic mass is 10.0. The summed E-state index contributed by atoms with van der Waals surface area (Å²) in [6.45, 7) is 3.83. The Morgan fingerprint density at radius 3 is 1.94 bits per heavy atom. The number of carbonyl (C=O) groups is 5. The van der Waals surface area contributed by atoms with Gasteiger partial charge in [-0.15, -0.1) is 0 Å². The Kier molecular flexibility index (Phi) is 13.1. The van der Waals surface area contributed by atoms with E-state index in [1.54, 1.807) is 44.2 Å². The van der Waals surface area contributed by atoms with Gasteiger partial charge in [0, 0.05) is 6.42 Å². The number of carbonyl (C=O) groups excluding carboxylic acids is 4. The molecule has 4 atom stereocenters. The van der Waals surface area contributed by atoms with Gasteiger partial charge in [0.25, 0.3) is 0 Å². The predicted molar refractivity (Wildman–Crippen MR) is 133 cm³/mol. The van der Waals surface area contributed by atoms with E-state index >= 15 is 0 Å². The SMILES string of the molecule is CC(C)[C@H](N)C(=O)N[C@@H](CC(N)=O)C(=O)N[C@@H](Cc1ccccc1)C(=O)N[C@@H](CCCCN)C(=O)O. The van der Waals surface area contributed by atoms with Gasteiger partial charge in [-0.1, -0.05) is 44.2 Å². The lowest BCUT2D eigenvalue weighted by Crippen LogP contribution is -2.58. The molecule has 36 heavy (non-hydrogen) atoms. The van der Waals surface area contributed by atoms with Crippen LogP contribution in [0.2, 0.25) is 0 Å². The van der Waals surface area contributed by atoms with Gasteiger partial charge in [0.2, 0.25) is 23.6 Å². The molecule has 0 heterocycles. The molecule has 1 aromatic carbocycles. The van der Waals surface area contributed by atoms with E-state index in [4.69, 9.17) is 17.2 Å². The van der Waals surface area contributed by atoms with E-state index in [1.807, 2.05) is 0 Å². The maximum absolute atomic E-state index is 13.1. The lowest BCUT2D eigenvalue weighted by molar-refractivity contribution is -0.142. The predicted octanol–water partition coefficient (Wildman–Crippen LogP) is -1.24. The molecule has 0 saturated carbocycles. The summed E-state index contributed by atoms with van der Waals surface area (Å²) in [6.07, 6.45) is 0.774. The van der Waals surface area contributed by atoms with E-state index in [9.17, 15) is 29.1 Å². The molecule has 0 spiro atoms. The summed E-state index contributed by atoms with van der Waals surface area (Å²) >= 11 is 0. The van der Waals surface area contributed by atoms with Crippen molar-refractivity contribution in [3.05, 3.63) is 35.9 Å². The van der Waals surface area contributed by atoms with Crippen LogP contribution in [0.3, 0.4) is 0 Å². The van der Waals surface area contributed by atoms with Gasteiger partial charge >= 0.3 is 5.97 Å². The maximum Gasteiger partial charge on any atom is 0.326 e. The van der Waals surface area contributed by atoms with Crippen molar-refractivity contribution < 1.29 is 29.1 Å². The minimum Gasteiger partial charge on any atom is -0.480 e. The van der Waals surface area contributed by atoms with Crippen LogP contribution in [0.1, 0.15) is 45.1 Å². The molecule has 1 rings (SSSR count). The van der Waals surface area contributed by atoms with Gasteiger partial charge < -0.3 is 38.3 Å². The van der Waals surface area contributed by atoms with Gasteiger partial charge in [-0.05, 0) is 37.3 Å². The third-order valence-corrected chi connectivity index (χ3v) is 5.54. The van der Waals surface area contributed by atoms with Gasteiger partial charge in [0.15, 0.2) is 0 Å². The molecule has 0 aromatic heterocycles. The number of carboxylic acids is 1. The van der Waals surface area contributed by atoms with Crippen molar-refractivity contribution in [3.63, 3.8) is 0 Å². The van der Waals surface area contributed by atoms with Crippen molar-refractivity contribution in [2.24, 2.45) is 23.1 Å². The molecule has 1 aromatic rings. The standard InChI is InChI=1S/C24H38N6O6/c1-14(2)20(27)23(34)30-18(13-19(26)31)22(33)29-17(12-15-8-4-3-5-9-15)21(32)28-16(24(35)36)10-6-7-11-25/h3-5,8-9,14,16-18,20H,6-7,10-13,25,27H2,1-2H3,(H2,26,31)(H,28,32)(H,29,33)(H,30,34)(H,35,36)/t16-,17-,18-,20-/m0/s1. The van der Waals surface area contributed by atoms with Crippen LogP contribution in [0.4, 0.5) is 0 Å². The number of benzene rings is 1. The van der Waals surface area contributed by atoms with Crippen molar-refractivity contribution in [3.8, 4) is 0 Å². The molecule has 0 radical (unpaired) electrons. The van der Waals surface area contributed by atoms with Crippen LogP contribution in [-0.2, 0) is 30.4 Å². The summed E-state index contributed by atoms with van der Waals surface area (Å²) in [5.74, 6) is -4.50. The highest BCUT2D eigenvalue weighted by Crippen LogP contribution is 2.08. The average molecular weight is 507 g/mol. The average Bonchev–Trinajstić information content (AvgIpc) is 2.82. The first-order valence-corrected chi connectivity index (χ1v) is 11.9. The molecule has 200 valence electrons. The quantitative estimate of drug-likeness (QED) is 0.134. The third-order valence-electron chi connectivity index (χ3n) is 5.54. The number of amides is 4. The zero-order chi connectivity index (χ0) is 27.3. The second-order valence-corrected chi connectivity index (χ2v) is 8.94. The Labute approximate surface area is 210 Å². The van der Waals surface area contributed by atoms with Crippen LogP contribution in [-0.4, -0.2) is 65.4 Å². The summed E-state index contributed by atoms with van der Waals surface area (Å²) in [5, 5.41) is 16.9. The van der Waals surface area contributed by atoms with Gasteiger partial charge in [-0.2, -0.15) is 0 Å². The lowest BCUT2D eigenvalue weighted by Gasteiger charge is -2.25. The van der Waals surface area contributed by atoms with Crippen molar-refractivity contribution in [2.45, 2.75) is 70.1 Å². The van der Waals surface area contributed by atoms with E-state index in [1.165, 1.54) is 0 Å². The van der Waals surface area contributed by atoms with Crippen LogP contribution >= 0.6 is 0 Å². The zero-order valence-electron chi connectivity index (χ0n) is 20.7. The maximum atomic E-state index is 13.1. The first kappa shape index (κ1) is 30.5. The van der Waals surface area contributed by atoms with Crippen molar-refractivity contribution in [2.75, 3.05) is 6.54 Å². The van der Waals surface area contributed by atoms with Gasteiger partial charge in [0.1, 0.15) is 18.1 Å². The number of carboxylic acid groups (broad SMARTS) is 1. The second kappa shape index (κ2) is 15.5. The summed E-state index contributed by atoms with van der Waals surface area (Å²) in [7, 11) is 0. The van der Waals surface area contributed by atoms with Crippen molar-refractivity contribution in [1.82, 2.24) is 16.0 Å².